The molecule has 4 heteroatoms. The summed E-state index contributed by atoms with van der Waals surface area (Å²) in [7, 11) is 2.13. The largest absolute Gasteiger partial charge is 0.380 e. The van der Waals surface area contributed by atoms with Gasteiger partial charge in [0.1, 0.15) is 5.78 Å². The maximum Gasteiger partial charge on any atom is 0.130 e. The minimum atomic E-state index is 0.259. The van der Waals surface area contributed by atoms with Crippen LogP contribution in [-0.2, 0) is 36.1 Å². The van der Waals surface area contributed by atoms with Gasteiger partial charge >= 0.3 is 0 Å². The molecule has 0 aliphatic carbocycles. The zero-order valence-corrected chi connectivity index (χ0v) is 15.3. The number of ether oxygens (including phenoxy) is 1. The van der Waals surface area contributed by atoms with E-state index in [1.54, 1.807) is 6.92 Å². The molecule has 2 aromatic rings. The van der Waals surface area contributed by atoms with Crippen molar-refractivity contribution in [3.8, 4) is 0 Å². The number of fused-ring (bicyclic) bond motifs is 2. The van der Waals surface area contributed by atoms with Gasteiger partial charge in [-0.05, 0) is 56.0 Å². The van der Waals surface area contributed by atoms with E-state index in [2.05, 4.69) is 35.6 Å². The first-order valence-electron chi connectivity index (χ1n) is 8.90. The quantitative estimate of drug-likeness (QED) is 0.731. The Morgan fingerprint density at radius 1 is 1.25 bits per heavy atom. The molecule has 0 spiro atoms. The van der Waals surface area contributed by atoms with Crippen molar-refractivity contribution in [1.82, 2.24) is 9.47 Å². The van der Waals surface area contributed by atoms with Gasteiger partial charge in [0.25, 0.3) is 0 Å². The molecule has 0 saturated heterocycles. The van der Waals surface area contributed by atoms with E-state index < -0.39 is 0 Å². The number of Topliss-reactive ketones (excluding diaryl/α,β-unsaturated/α-hetero) is 1. The van der Waals surface area contributed by atoms with Crippen molar-refractivity contribution in [2.24, 2.45) is 7.05 Å². The van der Waals surface area contributed by atoms with Crippen molar-refractivity contribution < 1.29 is 9.53 Å². The molecule has 0 unspecified atom stereocenters. The van der Waals surface area contributed by atoms with E-state index in [1.807, 2.05) is 6.92 Å². The molecule has 1 aromatic carbocycles. The molecule has 0 fully saturated rings. The Hall–Kier alpha value is -1.65. The van der Waals surface area contributed by atoms with Gasteiger partial charge in [0.05, 0.1) is 6.61 Å². The lowest BCUT2D eigenvalue weighted by molar-refractivity contribution is -0.116. The first-order chi connectivity index (χ1) is 11.5. The van der Waals surface area contributed by atoms with Gasteiger partial charge in [-0.2, -0.15) is 0 Å². The Balaban J connectivity index is 1.88. The first kappa shape index (κ1) is 17.2. The summed E-state index contributed by atoms with van der Waals surface area (Å²) in [5, 5.41) is 1.32. The molecule has 0 N–H and O–H groups in total. The Morgan fingerprint density at radius 2 is 1.96 bits per heavy atom. The Kier molecular flexibility index (Phi) is 5.07. The summed E-state index contributed by atoms with van der Waals surface area (Å²) in [6.45, 7) is 10.4. The summed E-state index contributed by atoms with van der Waals surface area (Å²) in [6, 6.07) is 4.70. The molecule has 1 aliphatic rings. The van der Waals surface area contributed by atoms with Crippen molar-refractivity contribution in [2.45, 2.75) is 46.7 Å². The normalized spacial score (nSPS) is 14.5. The highest BCUT2D eigenvalue weighted by atomic mass is 16.5. The van der Waals surface area contributed by atoms with Gasteiger partial charge in [-0.1, -0.05) is 0 Å². The minimum Gasteiger partial charge on any atom is -0.380 e. The van der Waals surface area contributed by atoms with Gasteiger partial charge in [0.2, 0.25) is 0 Å². The standard InChI is InChI=1S/C20H28N2O2/c1-5-24-9-8-22-12-16-10-19-18(7-6-14(2)23)15(3)21(4)20(19)11-17(16)13-22/h10-11H,5-9,12-13H2,1-4H3. The number of carbonyl (C=O) groups excluding carboxylic acids is 1. The SMILES string of the molecule is CCOCCN1Cc2cc3c(CCC(C)=O)c(C)n(C)c3cc2C1. The van der Waals surface area contributed by atoms with Crippen molar-refractivity contribution in [3.63, 3.8) is 0 Å². The maximum atomic E-state index is 11.4. The highest BCUT2D eigenvalue weighted by Gasteiger charge is 2.22. The van der Waals surface area contributed by atoms with Crippen LogP contribution in [0, 0.1) is 6.92 Å². The van der Waals surface area contributed by atoms with E-state index >= 15 is 0 Å². The van der Waals surface area contributed by atoms with E-state index in [1.165, 1.54) is 33.3 Å². The molecule has 24 heavy (non-hydrogen) atoms. The van der Waals surface area contributed by atoms with E-state index in [9.17, 15) is 4.79 Å². The van der Waals surface area contributed by atoms with Gasteiger partial charge in [-0.3, -0.25) is 4.90 Å². The van der Waals surface area contributed by atoms with Crippen molar-refractivity contribution in [2.75, 3.05) is 19.8 Å². The number of ketones is 1. The van der Waals surface area contributed by atoms with E-state index in [0.29, 0.717) is 6.42 Å². The van der Waals surface area contributed by atoms with Gasteiger partial charge in [-0.15, -0.1) is 0 Å². The highest BCUT2D eigenvalue weighted by Crippen LogP contribution is 2.32. The van der Waals surface area contributed by atoms with Crippen LogP contribution in [0.2, 0.25) is 0 Å². The van der Waals surface area contributed by atoms with Crippen LogP contribution in [0.3, 0.4) is 0 Å². The van der Waals surface area contributed by atoms with Crippen LogP contribution in [0.25, 0.3) is 10.9 Å². The Bertz CT molecular complexity index is 761. The molecule has 0 atom stereocenters. The van der Waals surface area contributed by atoms with Crippen LogP contribution < -0.4 is 0 Å². The number of aromatic nitrogens is 1. The molecule has 0 amide bonds. The third kappa shape index (κ3) is 3.26. The van der Waals surface area contributed by atoms with Crippen LogP contribution >= 0.6 is 0 Å². The van der Waals surface area contributed by atoms with Crippen LogP contribution in [-0.4, -0.2) is 35.0 Å². The van der Waals surface area contributed by atoms with Gasteiger partial charge in [0.15, 0.2) is 0 Å². The maximum absolute atomic E-state index is 11.4. The highest BCUT2D eigenvalue weighted by molar-refractivity contribution is 5.88. The second-order valence-corrected chi connectivity index (χ2v) is 6.87. The zero-order valence-electron chi connectivity index (χ0n) is 15.3. The lowest BCUT2D eigenvalue weighted by atomic mass is 10.0. The molecule has 1 aromatic heterocycles. The van der Waals surface area contributed by atoms with Crippen LogP contribution in [0.15, 0.2) is 12.1 Å². The number of hydrogen-bond acceptors (Lipinski definition) is 3. The number of benzene rings is 1. The van der Waals surface area contributed by atoms with Crippen LogP contribution in [0.5, 0.6) is 0 Å². The Morgan fingerprint density at radius 3 is 2.62 bits per heavy atom. The van der Waals surface area contributed by atoms with Crippen LogP contribution in [0.4, 0.5) is 0 Å². The lowest BCUT2D eigenvalue weighted by Gasteiger charge is -2.13. The fourth-order valence-electron chi connectivity index (χ4n) is 3.72. The summed E-state index contributed by atoms with van der Waals surface area (Å²) in [5.41, 5.74) is 6.75. The number of hydrogen-bond donors (Lipinski definition) is 0. The molecule has 3 rings (SSSR count). The van der Waals surface area contributed by atoms with Gasteiger partial charge in [-0.25, -0.2) is 0 Å². The molecular weight excluding hydrogens is 300 g/mol. The predicted octanol–water partition coefficient (Wildman–Crippen LogP) is 3.36. The summed E-state index contributed by atoms with van der Waals surface area (Å²) in [5.74, 6) is 0.259. The minimum absolute atomic E-state index is 0.259. The molecule has 0 bridgehead atoms. The molecule has 0 radical (unpaired) electrons. The fourth-order valence-corrected chi connectivity index (χ4v) is 3.72. The average Bonchev–Trinajstić information content (AvgIpc) is 3.04. The second-order valence-electron chi connectivity index (χ2n) is 6.87. The van der Waals surface area contributed by atoms with Gasteiger partial charge in [0, 0.05) is 56.3 Å². The average molecular weight is 328 g/mol. The smallest absolute Gasteiger partial charge is 0.130 e. The number of rotatable bonds is 7. The molecular formula is C20H28N2O2. The predicted molar refractivity (Wildman–Crippen MR) is 97.3 cm³/mol. The van der Waals surface area contributed by atoms with Crippen molar-refractivity contribution >= 4 is 16.7 Å². The summed E-state index contributed by atoms with van der Waals surface area (Å²) in [6.07, 6.45) is 1.46. The third-order valence-electron chi connectivity index (χ3n) is 5.22. The second kappa shape index (κ2) is 7.08. The first-order valence-corrected chi connectivity index (χ1v) is 8.90. The van der Waals surface area contributed by atoms with E-state index in [-0.39, 0.29) is 5.78 Å². The fraction of sp³-hybridized carbons (Fsp3) is 0.550. The topological polar surface area (TPSA) is 34.5 Å². The Labute approximate surface area is 144 Å². The molecule has 0 saturated carbocycles. The monoisotopic (exact) mass is 328 g/mol. The molecule has 4 nitrogen and oxygen atoms in total. The third-order valence-corrected chi connectivity index (χ3v) is 5.22. The van der Waals surface area contributed by atoms with Crippen molar-refractivity contribution in [1.29, 1.82) is 0 Å². The number of aryl methyl sites for hydroxylation is 2. The number of nitrogens with zero attached hydrogens (tertiary/aromatic N) is 2. The van der Waals surface area contributed by atoms with E-state index in [0.717, 1.165) is 39.3 Å². The molecule has 130 valence electrons. The molecule has 1 aliphatic heterocycles. The van der Waals surface area contributed by atoms with E-state index in [4.69, 9.17) is 4.74 Å². The van der Waals surface area contributed by atoms with Crippen LogP contribution in [0.1, 0.15) is 42.7 Å². The molecule has 2 heterocycles. The summed E-state index contributed by atoms with van der Waals surface area (Å²) < 4.78 is 7.76. The number of carbonyl (C=O) groups is 1. The summed E-state index contributed by atoms with van der Waals surface area (Å²) in [4.78, 5) is 13.8. The lowest BCUT2D eigenvalue weighted by Crippen LogP contribution is -2.21. The summed E-state index contributed by atoms with van der Waals surface area (Å²) >= 11 is 0. The van der Waals surface area contributed by atoms with Gasteiger partial charge < -0.3 is 14.1 Å². The van der Waals surface area contributed by atoms with Crippen molar-refractivity contribution in [3.05, 3.63) is 34.5 Å². The zero-order chi connectivity index (χ0) is 17.3.